The van der Waals surface area contributed by atoms with Crippen LogP contribution in [0.3, 0.4) is 0 Å². The van der Waals surface area contributed by atoms with Crippen LogP contribution in [0, 0.1) is 23.7 Å². The van der Waals surface area contributed by atoms with Gasteiger partial charge in [0.05, 0.1) is 6.10 Å². The molecule has 0 aromatic heterocycles. The van der Waals surface area contributed by atoms with Gasteiger partial charge in [-0.3, -0.25) is 0 Å². The Bertz CT molecular complexity index is 148. The standard InChI is InChI=1S/C10H16O.C2H6/c11-10-8-2-6-1-7(4-8)5-9(10)3-6;1-2/h6-11H,1-5H2;1-2H3. The molecule has 4 bridgehead atoms. The van der Waals surface area contributed by atoms with E-state index in [-0.39, 0.29) is 6.10 Å². The Labute approximate surface area is 81.5 Å². The Kier molecular flexibility index (Phi) is 2.64. The molecule has 0 aliphatic heterocycles. The van der Waals surface area contributed by atoms with E-state index in [9.17, 15) is 5.11 Å². The third-order valence-electron chi connectivity index (χ3n) is 4.18. The number of hydrogen-bond donors (Lipinski definition) is 1. The topological polar surface area (TPSA) is 20.2 Å². The van der Waals surface area contributed by atoms with Gasteiger partial charge < -0.3 is 5.11 Å². The highest BCUT2D eigenvalue weighted by molar-refractivity contribution is 4.97. The van der Waals surface area contributed by atoms with E-state index in [4.69, 9.17) is 0 Å². The summed E-state index contributed by atoms with van der Waals surface area (Å²) >= 11 is 0. The summed E-state index contributed by atoms with van der Waals surface area (Å²) in [5, 5.41) is 9.83. The summed E-state index contributed by atoms with van der Waals surface area (Å²) < 4.78 is 0. The van der Waals surface area contributed by atoms with Gasteiger partial charge in [-0.15, -0.1) is 0 Å². The minimum Gasteiger partial charge on any atom is -0.393 e. The summed E-state index contributed by atoms with van der Waals surface area (Å²) in [4.78, 5) is 0. The van der Waals surface area contributed by atoms with Gasteiger partial charge in [0.1, 0.15) is 0 Å². The lowest BCUT2D eigenvalue weighted by Gasteiger charge is -2.52. The van der Waals surface area contributed by atoms with Crippen LogP contribution >= 0.6 is 0 Å². The Morgan fingerprint density at radius 1 is 0.769 bits per heavy atom. The molecule has 0 unspecified atom stereocenters. The molecule has 4 rings (SSSR count). The molecule has 0 spiro atoms. The second-order valence-electron chi connectivity index (χ2n) is 4.92. The van der Waals surface area contributed by atoms with Gasteiger partial charge in [-0.2, -0.15) is 0 Å². The molecule has 13 heavy (non-hydrogen) atoms. The lowest BCUT2D eigenvalue weighted by atomic mass is 9.55. The minimum atomic E-state index is 0.0859. The zero-order valence-electron chi connectivity index (χ0n) is 8.87. The van der Waals surface area contributed by atoms with Crippen molar-refractivity contribution in [3.05, 3.63) is 0 Å². The molecule has 4 aliphatic rings. The smallest absolute Gasteiger partial charge is 0.0596 e. The summed E-state index contributed by atoms with van der Waals surface area (Å²) in [7, 11) is 0. The fourth-order valence-corrected chi connectivity index (χ4v) is 3.90. The molecule has 0 saturated heterocycles. The molecule has 1 N–H and O–H groups in total. The fraction of sp³-hybridized carbons (Fsp3) is 1.00. The molecule has 1 heteroatoms. The molecular weight excluding hydrogens is 160 g/mol. The van der Waals surface area contributed by atoms with Crippen molar-refractivity contribution in [1.29, 1.82) is 0 Å². The molecule has 4 aliphatic carbocycles. The van der Waals surface area contributed by atoms with Gasteiger partial charge in [0.15, 0.2) is 0 Å². The normalized spacial score (nSPS) is 51.5. The average Bonchev–Trinajstić information content (AvgIpc) is 2.16. The lowest BCUT2D eigenvalue weighted by Crippen LogP contribution is -2.48. The molecule has 0 radical (unpaired) electrons. The van der Waals surface area contributed by atoms with Gasteiger partial charge in [0.25, 0.3) is 0 Å². The van der Waals surface area contributed by atoms with Crippen molar-refractivity contribution in [3.63, 3.8) is 0 Å². The molecule has 0 heterocycles. The van der Waals surface area contributed by atoms with Crippen LogP contribution in [0.5, 0.6) is 0 Å². The third-order valence-corrected chi connectivity index (χ3v) is 4.18. The summed E-state index contributed by atoms with van der Waals surface area (Å²) in [5.41, 5.74) is 0. The second-order valence-corrected chi connectivity index (χ2v) is 4.92. The monoisotopic (exact) mass is 182 g/mol. The average molecular weight is 182 g/mol. The molecule has 0 aromatic rings. The Balaban J connectivity index is 0.000000308. The molecule has 0 amide bonds. The Hall–Kier alpha value is -0.0400. The highest BCUT2D eigenvalue weighted by atomic mass is 16.3. The highest BCUT2D eigenvalue weighted by Gasteiger charge is 2.47. The van der Waals surface area contributed by atoms with Gasteiger partial charge in [-0.05, 0) is 55.8 Å². The van der Waals surface area contributed by atoms with E-state index in [1.54, 1.807) is 0 Å². The molecule has 0 aromatic carbocycles. The van der Waals surface area contributed by atoms with E-state index in [0.29, 0.717) is 11.8 Å². The molecule has 0 atom stereocenters. The van der Waals surface area contributed by atoms with Crippen LogP contribution < -0.4 is 0 Å². The van der Waals surface area contributed by atoms with Crippen LogP contribution in [0.2, 0.25) is 0 Å². The second kappa shape index (κ2) is 3.61. The van der Waals surface area contributed by atoms with Gasteiger partial charge in [-0.1, -0.05) is 13.8 Å². The van der Waals surface area contributed by atoms with Gasteiger partial charge >= 0.3 is 0 Å². The van der Waals surface area contributed by atoms with Gasteiger partial charge in [-0.25, -0.2) is 0 Å². The first-order chi connectivity index (χ1) is 6.33. The first kappa shape index (κ1) is 9.51. The fourth-order valence-electron chi connectivity index (χ4n) is 3.90. The lowest BCUT2D eigenvalue weighted by molar-refractivity contribution is -0.0919. The molecule has 76 valence electrons. The van der Waals surface area contributed by atoms with Crippen molar-refractivity contribution in [2.45, 2.75) is 52.1 Å². The maximum atomic E-state index is 9.83. The number of aliphatic hydroxyl groups is 1. The maximum Gasteiger partial charge on any atom is 0.0596 e. The maximum absolute atomic E-state index is 9.83. The van der Waals surface area contributed by atoms with Gasteiger partial charge in [0.2, 0.25) is 0 Å². The minimum absolute atomic E-state index is 0.0859. The highest BCUT2D eigenvalue weighted by Crippen LogP contribution is 2.53. The van der Waals surface area contributed by atoms with Crippen molar-refractivity contribution >= 4 is 0 Å². The van der Waals surface area contributed by atoms with E-state index in [2.05, 4.69) is 0 Å². The summed E-state index contributed by atoms with van der Waals surface area (Å²) in [6.07, 6.45) is 6.94. The van der Waals surface area contributed by atoms with E-state index in [0.717, 1.165) is 11.8 Å². The first-order valence-electron chi connectivity index (χ1n) is 6.01. The van der Waals surface area contributed by atoms with Crippen molar-refractivity contribution in [3.8, 4) is 0 Å². The number of rotatable bonds is 0. The van der Waals surface area contributed by atoms with Crippen molar-refractivity contribution in [1.82, 2.24) is 0 Å². The van der Waals surface area contributed by atoms with E-state index in [1.165, 1.54) is 32.1 Å². The van der Waals surface area contributed by atoms with Crippen molar-refractivity contribution in [2.24, 2.45) is 23.7 Å². The van der Waals surface area contributed by atoms with E-state index >= 15 is 0 Å². The SMILES string of the molecule is CC.OC1C2CC3CC(C2)CC1C3. The predicted octanol–water partition coefficient (Wildman–Crippen LogP) is 2.83. The van der Waals surface area contributed by atoms with Crippen LogP contribution in [0.15, 0.2) is 0 Å². The quantitative estimate of drug-likeness (QED) is 0.611. The molecule has 4 fully saturated rings. The predicted molar refractivity (Wildman–Crippen MR) is 54.4 cm³/mol. The Morgan fingerprint density at radius 3 is 1.54 bits per heavy atom. The van der Waals surface area contributed by atoms with E-state index < -0.39 is 0 Å². The van der Waals surface area contributed by atoms with E-state index in [1.807, 2.05) is 13.8 Å². The zero-order valence-corrected chi connectivity index (χ0v) is 8.87. The molecular formula is C12H22O. The zero-order chi connectivity index (χ0) is 9.42. The van der Waals surface area contributed by atoms with Crippen LogP contribution in [0.4, 0.5) is 0 Å². The number of hydrogen-bond acceptors (Lipinski definition) is 1. The largest absolute Gasteiger partial charge is 0.393 e. The van der Waals surface area contributed by atoms with Crippen LogP contribution in [0.1, 0.15) is 46.0 Å². The van der Waals surface area contributed by atoms with Crippen LogP contribution in [0.25, 0.3) is 0 Å². The molecule has 4 saturated carbocycles. The summed E-state index contributed by atoms with van der Waals surface area (Å²) in [5.74, 6) is 3.40. The van der Waals surface area contributed by atoms with Gasteiger partial charge in [0, 0.05) is 0 Å². The summed E-state index contributed by atoms with van der Waals surface area (Å²) in [6, 6.07) is 0. The number of aliphatic hydroxyl groups excluding tert-OH is 1. The third kappa shape index (κ3) is 1.52. The Morgan fingerprint density at radius 2 is 1.15 bits per heavy atom. The van der Waals surface area contributed by atoms with Crippen LogP contribution in [-0.4, -0.2) is 11.2 Å². The first-order valence-corrected chi connectivity index (χ1v) is 6.01. The summed E-state index contributed by atoms with van der Waals surface area (Å²) in [6.45, 7) is 4.00. The van der Waals surface area contributed by atoms with Crippen molar-refractivity contribution < 1.29 is 5.11 Å². The van der Waals surface area contributed by atoms with Crippen molar-refractivity contribution in [2.75, 3.05) is 0 Å². The molecule has 1 nitrogen and oxygen atoms in total. The van der Waals surface area contributed by atoms with Crippen LogP contribution in [-0.2, 0) is 0 Å².